The van der Waals surface area contributed by atoms with Gasteiger partial charge in [-0.1, -0.05) is 44.1 Å². The predicted molar refractivity (Wildman–Crippen MR) is 62.1 cm³/mol. The van der Waals surface area contributed by atoms with Crippen molar-refractivity contribution in [3.63, 3.8) is 0 Å². The van der Waals surface area contributed by atoms with Gasteiger partial charge in [0, 0.05) is 4.75 Å². The maximum atomic E-state index is 6.01. The van der Waals surface area contributed by atoms with Crippen LogP contribution in [0.3, 0.4) is 0 Å². The van der Waals surface area contributed by atoms with Crippen LogP contribution < -0.4 is 0 Å². The summed E-state index contributed by atoms with van der Waals surface area (Å²) in [6.07, 6.45) is 0. The van der Waals surface area contributed by atoms with Gasteiger partial charge in [0.15, 0.2) is 5.15 Å². The normalized spacial score (nSPS) is 11.9. The molecule has 0 saturated carbocycles. The minimum atomic E-state index is 0.111. The van der Waals surface area contributed by atoms with Crippen LogP contribution in [-0.2, 0) is 0 Å². The second-order valence-corrected chi connectivity index (χ2v) is 6.38. The van der Waals surface area contributed by atoms with Crippen molar-refractivity contribution in [2.75, 3.05) is 0 Å². The summed E-state index contributed by atoms with van der Waals surface area (Å²) >= 11 is 7.66. The van der Waals surface area contributed by atoms with Crippen molar-refractivity contribution in [2.24, 2.45) is 0 Å². The van der Waals surface area contributed by atoms with Crippen molar-refractivity contribution < 1.29 is 0 Å². The van der Waals surface area contributed by atoms with Gasteiger partial charge in [-0.05, 0) is 13.8 Å². The zero-order valence-corrected chi connectivity index (χ0v) is 10.8. The molecule has 0 atom stereocenters. The highest BCUT2D eigenvalue weighted by Gasteiger charge is 2.17. The van der Waals surface area contributed by atoms with Gasteiger partial charge in [0.1, 0.15) is 5.03 Å². The van der Waals surface area contributed by atoms with E-state index in [1.165, 1.54) is 0 Å². The first-order chi connectivity index (χ1) is 6.29. The van der Waals surface area contributed by atoms with Crippen molar-refractivity contribution in [1.29, 1.82) is 0 Å². The summed E-state index contributed by atoms with van der Waals surface area (Å²) in [6.45, 7) is 10.3. The van der Waals surface area contributed by atoms with E-state index in [9.17, 15) is 0 Å². The highest BCUT2D eigenvalue weighted by Crippen LogP contribution is 2.34. The minimum absolute atomic E-state index is 0.111. The quantitative estimate of drug-likeness (QED) is 0.689. The Bertz CT molecular complexity index is 345. The van der Waals surface area contributed by atoms with Crippen molar-refractivity contribution in [2.45, 2.75) is 44.4 Å². The Morgan fingerprint density at radius 1 is 1.07 bits per heavy atom. The fourth-order valence-corrected chi connectivity index (χ4v) is 2.09. The summed E-state index contributed by atoms with van der Waals surface area (Å²) in [6, 6.07) is 0. The molecule has 14 heavy (non-hydrogen) atoms. The van der Waals surface area contributed by atoms with E-state index in [2.05, 4.69) is 30.7 Å². The Balaban J connectivity index is 3.04. The van der Waals surface area contributed by atoms with Gasteiger partial charge in [0.25, 0.3) is 0 Å². The van der Waals surface area contributed by atoms with Crippen molar-refractivity contribution >= 4 is 23.4 Å². The van der Waals surface area contributed by atoms with Gasteiger partial charge in [-0.25, -0.2) is 9.97 Å². The first-order valence-electron chi connectivity index (χ1n) is 4.49. The van der Waals surface area contributed by atoms with Gasteiger partial charge in [-0.3, -0.25) is 0 Å². The van der Waals surface area contributed by atoms with Gasteiger partial charge < -0.3 is 0 Å². The third-order valence-corrected chi connectivity index (χ3v) is 3.10. The van der Waals surface area contributed by atoms with Gasteiger partial charge in [0.2, 0.25) is 0 Å². The van der Waals surface area contributed by atoms with Crippen LogP contribution in [0, 0.1) is 13.8 Å². The summed E-state index contributed by atoms with van der Waals surface area (Å²) in [5.41, 5.74) is 1.84. The van der Waals surface area contributed by atoms with E-state index in [-0.39, 0.29) is 4.75 Å². The fraction of sp³-hybridized carbons (Fsp3) is 0.600. The van der Waals surface area contributed by atoms with Crippen LogP contribution in [-0.4, -0.2) is 14.7 Å². The molecule has 0 aliphatic heterocycles. The van der Waals surface area contributed by atoms with Crippen LogP contribution in [0.15, 0.2) is 5.03 Å². The summed E-state index contributed by atoms with van der Waals surface area (Å²) in [4.78, 5) is 8.67. The van der Waals surface area contributed by atoms with Crippen molar-refractivity contribution in [1.82, 2.24) is 9.97 Å². The minimum Gasteiger partial charge on any atom is -0.242 e. The number of thioether (sulfide) groups is 1. The molecule has 0 aliphatic carbocycles. The summed E-state index contributed by atoms with van der Waals surface area (Å²) in [5.74, 6) is 0. The van der Waals surface area contributed by atoms with Crippen LogP contribution >= 0.6 is 23.4 Å². The molecule has 1 heterocycles. The van der Waals surface area contributed by atoms with Gasteiger partial charge in [-0.15, -0.1) is 0 Å². The lowest BCUT2D eigenvalue weighted by atomic mass is 10.3. The fourth-order valence-electron chi connectivity index (χ4n) is 0.910. The Kier molecular flexibility index (Phi) is 3.43. The number of halogens is 1. The van der Waals surface area contributed by atoms with Crippen molar-refractivity contribution in [3.05, 3.63) is 16.5 Å². The third-order valence-electron chi connectivity index (χ3n) is 1.64. The number of aromatic nitrogens is 2. The molecule has 0 unspecified atom stereocenters. The second-order valence-electron chi connectivity index (χ2n) is 4.20. The van der Waals surface area contributed by atoms with Gasteiger partial charge in [0.05, 0.1) is 11.4 Å². The molecule has 2 nitrogen and oxygen atoms in total. The molecule has 0 saturated heterocycles. The Labute approximate surface area is 94.5 Å². The van der Waals surface area contributed by atoms with E-state index in [4.69, 9.17) is 11.6 Å². The van der Waals surface area contributed by atoms with Gasteiger partial charge >= 0.3 is 0 Å². The highest BCUT2D eigenvalue weighted by atomic mass is 35.5. The first kappa shape index (κ1) is 11.8. The molecule has 0 fully saturated rings. The number of hydrogen-bond donors (Lipinski definition) is 0. The van der Waals surface area contributed by atoms with Crippen LogP contribution in [0.25, 0.3) is 0 Å². The Morgan fingerprint density at radius 2 is 1.57 bits per heavy atom. The second kappa shape index (κ2) is 4.07. The van der Waals surface area contributed by atoms with E-state index in [1.807, 2.05) is 13.8 Å². The Morgan fingerprint density at radius 3 is 2.07 bits per heavy atom. The molecular weight excluding hydrogens is 216 g/mol. The predicted octanol–water partition coefficient (Wildman–Crippen LogP) is 3.64. The highest BCUT2D eigenvalue weighted by molar-refractivity contribution is 8.00. The number of aryl methyl sites for hydroxylation is 2. The molecule has 0 aliphatic rings. The van der Waals surface area contributed by atoms with Crippen LogP contribution in [0.4, 0.5) is 0 Å². The van der Waals surface area contributed by atoms with Gasteiger partial charge in [-0.2, -0.15) is 0 Å². The molecule has 1 aromatic rings. The average molecular weight is 231 g/mol. The first-order valence-corrected chi connectivity index (χ1v) is 5.69. The van der Waals surface area contributed by atoms with E-state index < -0.39 is 0 Å². The molecule has 0 spiro atoms. The molecule has 0 radical (unpaired) electrons. The molecule has 0 aromatic carbocycles. The lowest BCUT2D eigenvalue weighted by Crippen LogP contribution is -2.08. The maximum absolute atomic E-state index is 6.01. The van der Waals surface area contributed by atoms with E-state index in [0.717, 1.165) is 16.4 Å². The largest absolute Gasteiger partial charge is 0.242 e. The molecule has 0 amide bonds. The third kappa shape index (κ3) is 3.14. The SMILES string of the molecule is Cc1nc(Cl)c(SC(C)(C)C)nc1C. The zero-order valence-electron chi connectivity index (χ0n) is 9.18. The molecular formula is C10H15ClN2S. The number of hydrogen-bond acceptors (Lipinski definition) is 3. The number of nitrogens with zero attached hydrogens (tertiary/aromatic N) is 2. The Hall–Kier alpha value is -0.280. The lowest BCUT2D eigenvalue weighted by molar-refractivity contribution is 0.796. The zero-order chi connectivity index (χ0) is 10.9. The van der Waals surface area contributed by atoms with E-state index in [1.54, 1.807) is 11.8 Å². The standard InChI is InChI=1S/C10H15ClN2S/c1-6-7(2)13-9(8(11)12-6)14-10(3,4)5/h1-5H3. The van der Waals surface area contributed by atoms with Crippen LogP contribution in [0.5, 0.6) is 0 Å². The van der Waals surface area contributed by atoms with E-state index in [0.29, 0.717) is 5.15 Å². The lowest BCUT2D eigenvalue weighted by Gasteiger charge is -2.17. The number of rotatable bonds is 1. The summed E-state index contributed by atoms with van der Waals surface area (Å²) in [7, 11) is 0. The van der Waals surface area contributed by atoms with Crippen molar-refractivity contribution in [3.8, 4) is 0 Å². The topological polar surface area (TPSA) is 25.8 Å². The monoisotopic (exact) mass is 230 g/mol. The average Bonchev–Trinajstić information content (AvgIpc) is 1.97. The van der Waals surface area contributed by atoms with Crippen LogP contribution in [0.2, 0.25) is 5.15 Å². The van der Waals surface area contributed by atoms with Crippen LogP contribution in [0.1, 0.15) is 32.2 Å². The molecule has 78 valence electrons. The summed E-state index contributed by atoms with van der Waals surface area (Å²) < 4.78 is 0.111. The molecule has 4 heteroatoms. The molecule has 0 N–H and O–H groups in total. The molecule has 1 rings (SSSR count). The van der Waals surface area contributed by atoms with E-state index >= 15 is 0 Å². The molecule has 1 aromatic heterocycles. The maximum Gasteiger partial charge on any atom is 0.161 e. The summed E-state index contributed by atoms with van der Waals surface area (Å²) in [5, 5.41) is 1.33. The smallest absolute Gasteiger partial charge is 0.161 e. The molecule has 0 bridgehead atoms.